The van der Waals surface area contributed by atoms with E-state index in [0.29, 0.717) is 0 Å². The van der Waals surface area contributed by atoms with Gasteiger partial charge in [0.15, 0.2) is 51.7 Å². The lowest BCUT2D eigenvalue weighted by atomic mass is 10.1. The molecular weight excluding hydrogens is 868 g/mol. The van der Waals surface area contributed by atoms with E-state index < -0.39 is 116 Å². The average molecular weight is 920 g/mol. The minimum atomic E-state index is -5.20. The van der Waals surface area contributed by atoms with Gasteiger partial charge in [-0.2, -0.15) is 4.98 Å². The molecule has 7 rings (SSSR count). The second-order valence-corrected chi connectivity index (χ2v) is 30.4. The van der Waals surface area contributed by atoms with E-state index in [-0.39, 0.29) is 34.0 Å². The van der Waals surface area contributed by atoms with Crippen LogP contribution in [0.4, 0.5) is 16.2 Å². The zero-order valence-electron chi connectivity index (χ0n) is 34.8. The summed E-state index contributed by atoms with van der Waals surface area (Å²) in [5, 5.41) is -0.953. The molecule has 4 aromatic rings. The standard InChI is InChI=1S/C33H52FN9O13P2Si2/c1-32(2,3)59(7,8)55-22-18-13-50-57(45,46)53-21-17(12-49-58(47,48)54-23(22)29(52-18)43-15-39-20-27(43)40-31(36)41-28(20)44)51-30(24(21)56-60(9,10)33(4,5)6)42-11-16(34)19-25(35)37-14-38-26(19)42/h11,14-15,17-18,21-24,29-30H,12-13H2,1-10H3,(H,45,46)(H,47,48)(H2,35,37,38)(H3,36,40,41,44)/t17-,18-,21-,22?,23-,24?,29-,30-/m1/s1. The molecule has 4 unspecified atom stereocenters. The van der Waals surface area contributed by atoms with Crippen molar-refractivity contribution in [2.45, 2.75) is 127 Å². The van der Waals surface area contributed by atoms with Crippen LogP contribution < -0.4 is 17.0 Å². The Morgan fingerprint density at radius 2 is 1.40 bits per heavy atom. The van der Waals surface area contributed by atoms with Gasteiger partial charge in [0.2, 0.25) is 5.95 Å². The van der Waals surface area contributed by atoms with E-state index in [1.54, 1.807) is 0 Å². The van der Waals surface area contributed by atoms with E-state index in [1.807, 2.05) is 67.7 Å². The summed E-state index contributed by atoms with van der Waals surface area (Å²) in [6.07, 6.45) is -7.65. The van der Waals surface area contributed by atoms with Gasteiger partial charge < -0.3 is 44.1 Å². The number of halogens is 1. The van der Waals surface area contributed by atoms with Gasteiger partial charge >= 0.3 is 15.6 Å². The van der Waals surface area contributed by atoms with Crippen LogP contribution in [0.15, 0.2) is 23.6 Å². The van der Waals surface area contributed by atoms with Gasteiger partial charge in [-0.05, 0) is 36.3 Å². The van der Waals surface area contributed by atoms with Crippen molar-refractivity contribution in [1.29, 1.82) is 0 Å². The lowest BCUT2D eigenvalue weighted by molar-refractivity contribution is -0.0671. The fourth-order valence-corrected chi connectivity index (χ4v) is 11.3. The number of nitrogens with one attached hydrogen (secondary N) is 1. The van der Waals surface area contributed by atoms with Crippen molar-refractivity contribution in [3.63, 3.8) is 0 Å². The number of imidazole rings is 1. The second-order valence-electron chi connectivity index (χ2n) is 18.1. The fourth-order valence-electron chi connectivity index (χ4n) is 6.76. The van der Waals surface area contributed by atoms with Crippen LogP contribution in [-0.4, -0.2) is 110 Å². The highest BCUT2D eigenvalue weighted by Crippen LogP contribution is 2.56. The Hall–Kier alpha value is -3.01. The highest BCUT2D eigenvalue weighted by atomic mass is 31.2. The number of aromatic amines is 1. The van der Waals surface area contributed by atoms with E-state index >= 15 is 4.39 Å². The molecule has 0 aliphatic carbocycles. The smallest absolute Gasteiger partial charge is 0.408 e. The van der Waals surface area contributed by atoms with Gasteiger partial charge in [0.1, 0.15) is 48.8 Å². The van der Waals surface area contributed by atoms with Gasteiger partial charge in [-0.1, -0.05) is 41.5 Å². The maximum atomic E-state index is 15.5. The first kappa shape index (κ1) is 45.0. The number of nitrogen functional groups attached to an aromatic ring is 2. The predicted octanol–water partition coefficient (Wildman–Crippen LogP) is 4.46. The summed E-state index contributed by atoms with van der Waals surface area (Å²) in [6.45, 7) is 18.0. The number of anilines is 2. The van der Waals surface area contributed by atoms with Gasteiger partial charge in [-0.3, -0.25) is 32.4 Å². The van der Waals surface area contributed by atoms with Crippen LogP contribution in [0.2, 0.25) is 36.3 Å². The number of hydrogen-bond acceptors (Lipinski definition) is 17. The number of fused-ring (bicyclic) bond motifs is 5. The molecule has 3 aliphatic rings. The second kappa shape index (κ2) is 15.4. The predicted molar refractivity (Wildman–Crippen MR) is 218 cm³/mol. The van der Waals surface area contributed by atoms with Crippen molar-refractivity contribution in [2.75, 3.05) is 24.7 Å². The first-order chi connectivity index (χ1) is 27.6. The maximum Gasteiger partial charge on any atom is 0.472 e. The Labute approximate surface area is 345 Å². The van der Waals surface area contributed by atoms with Crippen LogP contribution in [0.3, 0.4) is 0 Å². The van der Waals surface area contributed by atoms with Gasteiger partial charge in [0.05, 0.1) is 24.9 Å². The van der Waals surface area contributed by atoms with Crippen molar-refractivity contribution < 1.29 is 59.7 Å². The topological polar surface area (TPSA) is 295 Å². The number of nitrogens with zero attached hydrogens (tertiary/aromatic N) is 6. The number of phosphoric acid groups is 2. The molecule has 2 bridgehead atoms. The van der Waals surface area contributed by atoms with E-state index in [0.717, 1.165) is 12.5 Å². The molecule has 4 aromatic heterocycles. The minimum Gasteiger partial charge on any atom is -0.408 e. The summed E-state index contributed by atoms with van der Waals surface area (Å²) in [7, 11) is -16.0. The van der Waals surface area contributed by atoms with Crippen molar-refractivity contribution >= 4 is 66.2 Å². The summed E-state index contributed by atoms with van der Waals surface area (Å²) in [4.78, 5) is 54.6. The highest BCUT2D eigenvalue weighted by molar-refractivity contribution is 7.47. The molecule has 0 aromatic carbocycles. The third kappa shape index (κ3) is 8.42. The Kier molecular flexibility index (Phi) is 11.5. The van der Waals surface area contributed by atoms with Gasteiger partial charge in [-0.15, -0.1) is 0 Å². The number of nitrogens with two attached hydrogens (primary N) is 2. The van der Waals surface area contributed by atoms with Gasteiger partial charge in [0.25, 0.3) is 5.56 Å². The van der Waals surface area contributed by atoms with Crippen LogP contribution >= 0.6 is 15.6 Å². The molecule has 60 heavy (non-hydrogen) atoms. The molecule has 7 N–H and O–H groups in total. The largest absolute Gasteiger partial charge is 0.472 e. The maximum absolute atomic E-state index is 15.5. The first-order valence-corrected chi connectivity index (χ1v) is 27.9. The number of ether oxygens (including phenoxy) is 2. The average Bonchev–Trinajstić information content (AvgIpc) is 3.85. The van der Waals surface area contributed by atoms with Crippen LogP contribution in [0.5, 0.6) is 0 Å². The third-order valence-electron chi connectivity index (χ3n) is 11.9. The molecule has 7 heterocycles. The number of hydrogen-bond donors (Lipinski definition) is 5. The Bertz CT molecular complexity index is 2440. The van der Waals surface area contributed by atoms with Crippen molar-refractivity contribution in [3.05, 3.63) is 35.0 Å². The van der Waals surface area contributed by atoms with Gasteiger partial charge in [0, 0.05) is 6.20 Å². The van der Waals surface area contributed by atoms with E-state index in [1.165, 1.54) is 15.5 Å². The van der Waals surface area contributed by atoms with E-state index in [2.05, 4.69) is 24.9 Å². The molecular formula is C33H52FN9O13P2Si2. The normalized spacial score (nSPS) is 32.5. The molecule has 0 amide bonds. The molecule has 3 saturated heterocycles. The van der Waals surface area contributed by atoms with Crippen LogP contribution in [0.25, 0.3) is 22.2 Å². The Morgan fingerprint density at radius 3 is 2.02 bits per heavy atom. The molecule has 332 valence electrons. The Morgan fingerprint density at radius 1 is 0.833 bits per heavy atom. The minimum absolute atomic E-state index is 0.0148. The first-order valence-electron chi connectivity index (χ1n) is 19.1. The molecule has 10 atom stereocenters. The monoisotopic (exact) mass is 919 g/mol. The molecule has 3 fully saturated rings. The Balaban J connectivity index is 1.32. The zero-order valence-corrected chi connectivity index (χ0v) is 38.5. The molecule has 27 heteroatoms. The number of phosphoric ester groups is 2. The van der Waals surface area contributed by atoms with Crippen molar-refractivity contribution in [1.82, 2.24) is 34.1 Å². The van der Waals surface area contributed by atoms with E-state index in [9.17, 15) is 23.7 Å². The molecule has 3 aliphatic heterocycles. The van der Waals surface area contributed by atoms with Crippen molar-refractivity contribution in [2.24, 2.45) is 0 Å². The highest BCUT2D eigenvalue weighted by Gasteiger charge is 2.58. The van der Waals surface area contributed by atoms with Crippen molar-refractivity contribution in [3.8, 4) is 0 Å². The molecule has 0 radical (unpaired) electrons. The number of H-pyrrole nitrogens is 1. The van der Waals surface area contributed by atoms with E-state index in [4.69, 9.17) is 47.9 Å². The summed E-state index contributed by atoms with van der Waals surface area (Å²) >= 11 is 0. The number of aromatic nitrogens is 7. The summed E-state index contributed by atoms with van der Waals surface area (Å²) in [5.74, 6) is -1.18. The fraction of sp³-hybridized carbons (Fsp3) is 0.667. The summed E-state index contributed by atoms with van der Waals surface area (Å²) < 4.78 is 96.1. The van der Waals surface area contributed by atoms with Crippen LogP contribution in [0.1, 0.15) is 54.0 Å². The number of rotatable bonds is 6. The zero-order chi connectivity index (χ0) is 44.1. The third-order valence-corrected chi connectivity index (χ3v) is 22.9. The lowest BCUT2D eigenvalue weighted by Gasteiger charge is -2.41. The molecule has 0 saturated carbocycles. The SMILES string of the molecule is CC(C)(C)[Si](C)(C)OC1[C@H]2OP(=O)(O)OC[C@H]3O[C@@H](n4cc(F)c5c(N)ncnc54)C(O[Si](C)(C)C(C)(C)C)[C@@H]3OP(=O)(O)OC[C@H]1O[C@H]2n1cnc2c(=O)[nH]c(N)nc21. The quantitative estimate of drug-likeness (QED) is 0.132. The molecule has 0 spiro atoms. The van der Waals surface area contributed by atoms with Crippen LogP contribution in [0, 0.1) is 5.82 Å². The summed E-state index contributed by atoms with van der Waals surface area (Å²) in [5.41, 5.74) is 11.1. The molecule has 22 nitrogen and oxygen atoms in total. The summed E-state index contributed by atoms with van der Waals surface area (Å²) in [6, 6.07) is 0. The van der Waals surface area contributed by atoms with Gasteiger partial charge in [-0.25, -0.2) is 28.5 Å². The lowest BCUT2D eigenvalue weighted by Crippen LogP contribution is -2.50. The van der Waals surface area contributed by atoms with Crippen LogP contribution in [-0.2, 0) is 45.6 Å².